The van der Waals surface area contributed by atoms with Crippen LogP contribution in [0.1, 0.15) is 48.8 Å². The number of nitrogens with one attached hydrogen (secondary N) is 2. The number of amides is 2. The molecule has 34 heavy (non-hydrogen) atoms. The van der Waals surface area contributed by atoms with Gasteiger partial charge >= 0.3 is 0 Å². The van der Waals surface area contributed by atoms with Crippen molar-refractivity contribution in [2.45, 2.75) is 33.9 Å². The number of hydrogen-bond acceptors (Lipinski definition) is 3. The fraction of sp³-hybridized carbons (Fsp3) is 0.179. The van der Waals surface area contributed by atoms with Crippen LogP contribution >= 0.6 is 0 Å². The summed E-state index contributed by atoms with van der Waals surface area (Å²) in [6.45, 7) is 6.94. The number of nitrogens with zero attached hydrogens (tertiary/aromatic N) is 2. The molecule has 0 radical (unpaired) electrons. The van der Waals surface area contributed by atoms with E-state index in [1.54, 1.807) is 18.2 Å². The second-order valence-corrected chi connectivity index (χ2v) is 8.49. The second-order valence-electron chi connectivity index (χ2n) is 8.49. The van der Waals surface area contributed by atoms with E-state index in [4.69, 9.17) is 0 Å². The van der Waals surface area contributed by atoms with Crippen LogP contribution in [-0.4, -0.2) is 21.6 Å². The van der Waals surface area contributed by atoms with Crippen LogP contribution in [0.4, 0.5) is 5.69 Å². The average molecular weight is 453 g/mol. The van der Waals surface area contributed by atoms with Gasteiger partial charge in [-0.3, -0.25) is 14.3 Å². The minimum Gasteiger partial charge on any atom is -0.348 e. The maximum absolute atomic E-state index is 12.8. The molecule has 6 heteroatoms. The SMILES string of the molecule is Cc1ccc(C(=O)Nc2cccc(CNC(=O)c3cccc(Cn4nc(C)cc4C)c3)c2)cc1. The van der Waals surface area contributed by atoms with Crippen LogP contribution in [0.3, 0.4) is 0 Å². The van der Waals surface area contributed by atoms with Crippen LogP contribution in [0.15, 0.2) is 78.9 Å². The van der Waals surface area contributed by atoms with Gasteiger partial charge in [0.2, 0.25) is 0 Å². The molecule has 2 amide bonds. The molecule has 3 aromatic carbocycles. The predicted molar refractivity (Wildman–Crippen MR) is 134 cm³/mol. The van der Waals surface area contributed by atoms with E-state index in [0.29, 0.717) is 29.9 Å². The summed E-state index contributed by atoms with van der Waals surface area (Å²) in [6, 6.07) is 24.5. The van der Waals surface area contributed by atoms with Crippen molar-refractivity contribution in [3.05, 3.63) is 118 Å². The molecule has 0 aliphatic carbocycles. The van der Waals surface area contributed by atoms with Gasteiger partial charge in [0.05, 0.1) is 12.2 Å². The minimum absolute atomic E-state index is 0.149. The standard InChI is InChI=1S/C28H28N4O2/c1-19-10-12-24(13-11-19)28(34)30-26-9-5-6-22(16-26)17-29-27(33)25-8-4-7-23(15-25)18-32-21(3)14-20(2)31-32/h4-16H,17-18H2,1-3H3,(H,29,33)(H,30,34). The van der Waals surface area contributed by atoms with Crippen molar-refractivity contribution in [2.75, 3.05) is 5.32 Å². The highest BCUT2D eigenvalue weighted by molar-refractivity contribution is 6.04. The Morgan fingerprint density at radius 2 is 1.53 bits per heavy atom. The molecule has 0 saturated carbocycles. The number of aromatic nitrogens is 2. The highest BCUT2D eigenvalue weighted by Crippen LogP contribution is 2.14. The van der Waals surface area contributed by atoms with Crippen molar-refractivity contribution in [2.24, 2.45) is 0 Å². The summed E-state index contributed by atoms with van der Waals surface area (Å²) in [5, 5.41) is 10.4. The van der Waals surface area contributed by atoms with E-state index in [1.807, 2.05) is 86.1 Å². The molecular formula is C28H28N4O2. The average Bonchev–Trinajstić information content (AvgIpc) is 3.14. The minimum atomic E-state index is -0.166. The highest BCUT2D eigenvalue weighted by Gasteiger charge is 2.09. The quantitative estimate of drug-likeness (QED) is 0.413. The van der Waals surface area contributed by atoms with Crippen LogP contribution in [0.5, 0.6) is 0 Å². The molecule has 4 rings (SSSR count). The number of carbonyl (C=O) groups is 2. The molecule has 0 saturated heterocycles. The summed E-state index contributed by atoms with van der Waals surface area (Å²) >= 11 is 0. The van der Waals surface area contributed by atoms with Crippen molar-refractivity contribution in [1.82, 2.24) is 15.1 Å². The Bertz CT molecular complexity index is 1320. The van der Waals surface area contributed by atoms with Crippen molar-refractivity contribution in [3.63, 3.8) is 0 Å². The predicted octanol–water partition coefficient (Wildman–Crippen LogP) is 5.04. The van der Waals surface area contributed by atoms with Gasteiger partial charge in [-0.05, 0) is 74.4 Å². The first-order chi connectivity index (χ1) is 16.4. The van der Waals surface area contributed by atoms with E-state index < -0.39 is 0 Å². The monoisotopic (exact) mass is 452 g/mol. The van der Waals surface area contributed by atoms with Gasteiger partial charge in [-0.2, -0.15) is 5.10 Å². The van der Waals surface area contributed by atoms with Crippen LogP contribution in [0, 0.1) is 20.8 Å². The number of hydrogen-bond donors (Lipinski definition) is 2. The Labute approximate surface area is 199 Å². The summed E-state index contributed by atoms with van der Waals surface area (Å²) in [5.41, 5.74) is 6.96. The molecule has 0 fully saturated rings. The lowest BCUT2D eigenvalue weighted by molar-refractivity contribution is 0.0949. The van der Waals surface area contributed by atoms with Crippen molar-refractivity contribution >= 4 is 17.5 Å². The smallest absolute Gasteiger partial charge is 0.255 e. The number of rotatable bonds is 7. The third-order valence-electron chi connectivity index (χ3n) is 5.58. The summed E-state index contributed by atoms with van der Waals surface area (Å²) < 4.78 is 1.93. The van der Waals surface area contributed by atoms with E-state index >= 15 is 0 Å². The highest BCUT2D eigenvalue weighted by atomic mass is 16.2. The summed E-state index contributed by atoms with van der Waals surface area (Å²) in [4.78, 5) is 25.3. The lowest BCUT2D eigenvalue weighted by atomic mass is 10.1. The lowest BCUT2D eigenvalue weighted by Crippen LogP contribution is -2.23. The summed E-state index contributed by atoms with van der Waals surface area (Å²) in [5.74, 6) is -0.315. The Kier molecular flexibility index (Phi) is 6.87. The maximum atomic E-state index is 12.8. The Balaban J connectivity index is 1.37. The Morgan fingerprint density at radius 3 is 2.26 bits per heavy atom. The van der Waals surface area contributed by atoms with E-state index in [9.17, 15) is 9.59 Å². The number of benzene rings is 3. The molecule has 2 N–H and O–H groups in total. The molecule has 172 valence electrons. The summed E-state index contributed by atoms with van der Waals surface area (Å²) in [6.07, 6.45) is 0. The van der Waals surface area contributed by atoms with Crippen molar-refractivity contribution < 1.29 is 9.59 Å². The third kappa shape index (κ3) is 5.78. The Morgan fingerprint density at radius 1 is 0.794 bits per heavy atom. The van der Waals surface area contributed by atoms with Gasteiger partial charge in [0, 0.05) is 29.1 Å². The van der Waals surface area contributed by atoms with Gasteiger partial charge in [0.1, 0.15) is 0 Å². The van der Waals surface area contributed by atoms with Gasteiger partial charge in [0.25, 0.3) is 11.8 Å². The first-order valence-corrected chi connectivity index (χ1v) is 11.2. The van der Waals surface area contributed by atoms with Gasteiger partial charge in [-0.25, -0.2) is 0 Å². The van der Waals surface area contributed by atoms with E-state index in [0.717, 1.165) is 28.1 Å². The first kappa shape index (κ1) is 23.0. The molecule has 6 nitrogen and oxygen atoms in total. The van der Waals surface area contributed by atoms with Gasteiger partial charge in [-0.15, -0.1) is 0 Å². The van der Waals surface area contributed by atoms with Crippen LogP contribution in [-0.2, 0) is 13.1 Å². The summed E-state index contributed by atoms with van der Waals surface area (Å²) in [7, 11) is 0. The molecule has 0 atom stereocenters. The van der Waals surface area contributed by atoms with Crippen LogP contribution in [0.2, 0.25) is 0 Å². The Hall–Kier alpha value is -4.19. The number of aryl methyl sites for hydroxylation is 3. The fourth-order valence-electron chi connectivity index (χ4n) is 3.77. The molecule has 4 aromatic rings. The topological polar surface area (TPSA) is 76.0 Å². The van der Waals surface area contributed by atoms with Crippen LogP contribution < -0.4 is 10.6 Å². The molecule has 0 unspecified atom stereocenters. The molecule has 0 aliphatic heterocycles. The van der Waals surface area contributed by atoms with Gasteiger partial charge in [-0.1, -0.05) is 42.0 Å². The third-order valence-corrected chi connectivity index (χ3v) is 5.58. The molecule has 0 spiro atoms. The molecule has 0 bridgehead atoms. The number of carbonyl (C=O) groups excluding carboxylic acids is 2. The van der Waals surface area contributed by atoms with Crippen LogP contribution in [0.25, 0.3) is 0 Å². The second kappa shape index (κ2) is 10.2. The lowest BCUT2D eigenvalue weighted by Gasteiger charge is -2.10. The van der Waals surface area contributed by atoms with E-state index in [2.05, 4.69) is 15.7 Å². The van der Waals surface area contributed by atoms with E-state index in [1.165, 1.54) is 0 Å². The zero-order valence-electron chi connectivity index (χ0n) is 19.6. The zero-order chi connectivity index (χ0) is 24.1. The van der Waals surface area contributed by atoms with Crippen molar-refractivity contribution in [1.29, 1.82) is 0 Å². The van der Waals surface area contributed by atoms with E-state index in [-0.39, 0.29) is 11.8 Å². The molecule has 1 aromatic heterocycles. The van der Waals surface area contributed by atoms with Gasteiger partial charge in [0.15, 0.2) is 0 Å². The first-order valence-electron chi connectivity index (χ1n) is 11.2. The largest absolute Gasteiger partial charge is 0.348 e. The zero-order valence-corrected chi connectivity index (χ0v) is 19.6. The van der Waals surface area contributed by atoms with Gasteiger partial charge < -0.3 is 10.6 Å². The fourth-order valence-corrected chi connectivity index (χ4v) is 3.77. The molecular weight excluding hydrogens is 424 g/mol. The molecule has 1 heterocycles. The van der Waals surface area contributed by atoms with Crippen molar-refractivity contribution in [3.8, 4) is 0 Å². The number of anilines is 1. The maximum Gasteiger partial charge on any atom is 0.255 e. The normalized spacial score (nSPS) is 10.7. The molecule has 0 aliphatic rings.